The summed E-state index contributed by atoms with van der Waals surface area (Å²) in [6.07, 6.45) is 6.24. The molecule has 0 saturated carbocycles. The molecule has 0 aliphatic heterocycles. The van der Waals surface area contributed by atoms with E-state index in [1.807, 2.05) is 13.8 Å². The lowest BCUT2D eigenvalue weighted by Gasteiger charge is -2.22. The SMILES string of the molecule is CC(C)(CCCCSc1ncnc2nc[nH]c12)C(=N)N. The van der Waals surface area contributed by atoms with Crippen LogP contribution in [0.3, 0.4) is 0 Å². The zero-order chi connectivity index (χ0) is 14.6. The van der Waals surface area contributed by atoms with Gasteiger partial charge in [0.1, 0.15) is 16.9 Å². The van der Waals surface area contributed by atoms with Gasteiger partial charge < -0.3 is 10.7 Å². The number of imidazole rings is 1. The molecule has 0 saturated heterocycles. The van der Waals surface area contributed by atoms with Crippen molar-refractivity contribution in [1.82, 2.24) is 19.9 Å². The first kappa shape index (κ1) is 14.8. The van der Waals surface area contributed by atoms with Gasteiger partial charge in [-0.2, -0.15) is 0 Å². The number of thioether (sulfide) groups is 1. The van der Waals surface area contributed by atoms with Crippen molar-refractivity contribution in [3.8, 4) is 0 Å². The van der Waals surface area contributed by atoms with Gasteiger partial charge in [-0.15, -0.1) is 11.8 Å². The topological polar surface area (TPSA) is 104 Å². The largest absolute Gasteiger partial charge is 0.387 e. The van der Waals surface area contributed by atoms with Crippen LogP contribution in [0.15, 0.2) is 17.7 Å². The fourth-order valence-corrected chi connectivity index (χ4v) is 2.78. The highest BCUT2D eigenvalue weighted by molar-refractivity contribution is 7.99. The van der Waals surface area contributed by atoms with Crippen molar-refractivity contribution in [2.45, 2.75) is 38.1 Å². The second-order valence-corrected chi connectivity index (χ2v) is 6.47. The van der Waals surface area contributed by atoms with Crippen LogP contribution in [0.4, 0.5) is 0 Å². The van der Waals surface area contributed by atoms with Gasteiger partial charge in [0, 0.05) is 5.41 Å². The van der Waals surface area contributed by atoms with Crippen molar-refractivity contribution in [3.05, 3.63) is 12.7 Å². The molecule has 0 aromatic carbocycles. The smallest absolute Gasteiger partial charge is 0.181 e. The molecular formula is C13H20N6S. The zero-order valence-electron chi connectivity index (χ0n) is 11.8. The molecule has 0 radical (unpaired) electrons. The highest BCUT2D eigenvalue weighted by atomic mass is 32.2. The van der Waals surface area contributed by atoms with E-state index in [0.717, 1.165) is 35.6 Å². The predicted octanol–water partition coefficient (Wildman–Crippen LogP) is 2.58. The minimum atomic E-state index is -0.198. The number of unbranched alkanes of at least 4 members (excludes halogenated alkanes) is 1. The number of nitrogens with zero attached hydrogens (tertiary/aromatic N) is 3. The molecule has 0 spiro atoms. The molecule has 0 amide bonds. The number of aromatic nitrogens is 4. The van der Waals surface area contributed by atoms with Gasteiger partial charge in [-0.05, 0) is 18.6 Å². The Labute approximate surface area is 122 Å². The first-order valence-corrected chi connectivity index (χ1v) is 7.60. The van der Waals surface area contributed by atoms with Crippen molar-refractivity contribution >= 4 is 28.8 Å². The maximum Gasteiger partial charge on any atom is 0.181 e. The van der Waals surface area contributed by atoms with Gasteiger partial charge in [0.2, 0.25) is 0 Å². The van der Waals surface area contributed by atoms with Crippen LogP contribution in [0, 0.1) is 10.8 Å². The maximum atomic E-state index is 7.53. The van der Waals surface area contributed by atoms with Gasteiger partial charge in [-0.1, -0.05) is 20.3 Å². The van der Waals surface area contributed by atoms with Gasteiger partial charge in [0.15, 0.2) is 5.65 Å². The summed E-state index contributed by atoms with van der Waals surface area (Å²) in [4.78, 5) is 15.6. The molecule has 0 atom stereocenters. The normalized spacial score (nSPS) is 11.9. The minimum Gasteiger partial charge on any atom is -0.387 e. The Bertz CT molecular complexity index is 591. The molecule has 0 aliphatic rings. The monoisotopic (exact) mass is 292 g/mol. The zero-order valence-corrected chi connectivity index (χ0v) is 12.6. The first-order chi connectivity index (χ1) is 9.50. The Morgan fingerprint density at radius 1 is 1.35 bits per heavy atom. The fraction of sp³-hybridized carbons (Fsp3) is 0.538. The van der Waals surface area contributed by atoms with E-state index >= 15 is 0 Å². The number of amidine groups is 1. The van der Waals surface area contributed by atoms with Gasteiger partial charge in [-0.3, -0.25) is 5.41 Å². The second kappa shape index (κ2) is 6.21. The number of nitrogens with one attached hydrogen (secondary N) is 2. The first-order valence-electron chi connectivity index (χ1n) is 6.62. The van der Waals surface area contributed by atoms with Gasteiger partial charge in [0.05, 0.1) is 12.2 Å². The summed E-state index contributed by atoms with van der Waals surface area (Å²) in [7, 11) is 0. The molecule has 6 nitrogen and oxygen atoms in total. The predicted molar refractivity (Wildman–Crippen MR) is 82.0 cm³/mol. The molecule has 2 aromatic rings. The Hall–Kier alpha value is -1.63. The molecule has 2 rings (SSSR count). The Morgan fingerprint density at radius 2 is 2.15 bits per heavy atom. The van der Waals surface area contributed by atoms with Crippen LogP contribution < -0.4 is 5.73 Å². The van der Waals surface area contributed by atoms with Crippen LogP contribution in [0.25, 0.3) is 11.2 Å². The van der Waals surface area contributed by atoms with E-state index in [1.165, 1.54) is 0 Å². The third kappa shape index (κ3) is 3.47. The van der Waals surface area contributed by atoms with E-state index < -0.39 is 0 Å². The molecule has 0 bridgehead atoms. The standard InChI is InChI=1S/C13H20N6S/c1-13(2,12(14)15)5-3-4-6-20-11-9-10(17-7-16-9)18-8-19-11/h7-8H,3-6H2,1-2H3,(H3,14,15)(H,16,17,18,19). The third-order valence-corrected chi connectivity index (χ3v) is 4.43. The fourth-order valence-electron chi connectivity index (χ4n) is 1.82. The molecule has 108 valence electrons. The van der Waals surface area contributed by atoms with Crippen LogP contribution in [-0.4, -0.2) is 31.5 Å². The molecule has 20 heavy (non-hydrogen) atoms. The quantitative estimate of drug-likeness (QED) is 0.239. The lowest BCUT2D eigenvalue weighted by molar-refractivity contribution is 0.448. The second-order valence-electron chi connectivity index (χ2n) is 5.38. The number of hydrogen-bond donors (Lipinski definition) is 3. The lowest BCUT2D eigenvalue weighted by atomic mass is 9.86. The highest BCUT2D eigenvalue weighted by Crippen LogP contribution is 2.26. The minimum absolute atomic E-state index is 0.198. The molecule has 2 aromatic heterocycles. The molecular weight excluding hydrogens is 272 g/mol. The third-order valence-electron chi connectivity index (χ3n) is 3.35. The van der Waals surface area contributed by atoms with E-state index in [0.29, 0.717) is 5.65 Å². The van der Waals surface area contributed by atoms with Crippen molar-refractivity contribution < 1.29 is 0 Å². The van der Waals surface area contributed by atoms with Gasteiger partial charge in [-0.25, -0.2) is 15.0 Å². The Kier molecular flexibility index (Phi) is 4.59. The molecule has 4 N–H and O–H groups in total. The van der Waals surface area contributed by atoms with Crippen molar-refractivity contribution in [3.63, 3.8) is 0 Å². The van der Waals surface area contributed by atoms with E-state index in [9.17, 15) is 0 Å². The molecule has 2 heterocycles. The summed E-state index contributed by atoms with van der Waals surface area (Å²) >= 11 is 1.71. The highest BCUT2D eigenvalue weighted by Gasteiger charge is 2.20. The van der Waals surface area contributed by atoms with E-state index in [1.54, 1.807) is 24.4 Å². The Balaban J connectivity index is 1.79. The maximum absolute atomic E-state index is 7.53. The van der Waals surface area contributed by atoms with Crippen LogP contribution >= 0.6 is 11.8 Å². The average Bonchev–Trinajstić information content (AvgIpc) is 2.87. The summed E-state index contributed by atoms with van der Waals surface area (Å²) < 4.78 is 0. The number of hydrogen-bond acceptors (Lipinski definition) is 5. The van der Waals surface area contributed by atoms with Crippen LogP contribution in [-0.2, 0) is 0 Å². The number of fused-ring (bicyclic) bond motifs is 1. The van der Waals surface area contributed by atoms with Crippen molar-refractivity contribution in [2.75, 3.05) is 5.75 Å². The average molecular weight is 292 g/mol. The van der Waals surface area contributed by atoms with E-state index in [4.69, 9.17) is 11.1 Å². The summed E-state index contributed by atoms with van der Waals surface area (Å²) in [5, 5.41) is 8.47. The van der Waals surface area contributed by atoms with E-state index in [-0.39, 0.29) is 11.3 Å². The lowest BCUT2D eigenvalue weighted by Crippen LogP contribution is -2.30. The molecule has 7 heteroatoms. The van der Waals surface area contributed by atoms with Crippen LogP contribution in [0.2, 0.25) is 0 Å². The summed E-state index contributed by atoms with van der Waals surface area (Å²) in [6, 6.07) is 0. The number of aromatic amines is 1. The van der Waals surface area contributed by atoms with E-state index in [2.05, 4.69) is 19.9 Å². The Morgan fingerprint density at radius 3 is 2.90 bits per heavy atom. The summed E-state index contributed by atoms with van der Waals surface area (Å²) in [5.74, 6) is 1.25. The molecule has 0 fully saturated rings. The molecule has 0 unspecified atom stereocenters. The number of rotatable bonds is 7. The van der Waals surface area contributed by atoms with Gasteiger partial charge in [0.25, 0.3) is 0 Å². The number of H-pyrrole nitrogens is 1. The summed E-state index contributed by atoms with van der Waals surface area (Å²) in [5.41, 5.74) is 6.99. The number of nitrogens with two attached hydrogens (primary N) is 1. The van der Waals surface area contributed by atoms with Crippen LogP contribution in [0.1, 0.15) is 33.1 Å². The van der Waals surface area contributed by atoms with Crippen LogP contribution in [0.5, 0.6) is 0 Å². The molecule has 0 aliphatic carbocycles. The van der Waals surface area contributed by atoms with Crippen molar-refractivity contribution in [2.24, 2.45) is 11.1 Å². The summed E-state index contributed by atoms with van der Waals surface area (Å²) in [6.45, 7) is 4.03. The van der Waals surface area contributed by atoms with Crippen molar-refractivity contribution in [1.29, 1.82) is 5.41 Å². The van der Waals surface area contributed by atoms with Gasteiger partial charge >= 0.3 is 0 Å².